The van der Waals surface area contributed by atoms with Crippen molar-refractivity contribution in [2.45, 2.75) is 33.2 Å². The molecule has 0 saturated carbocycles. The zero-order chi connectivity index (χ0) is 15.6. The summed E-state index contributed by atoms with van der Waals surface area (Å²) in [5.41, 5.74) is 2.29. The van der Waals surface area contributed by atoms with Crippen LogP contribution in [0.15, 0.2) is 48.5 Å². The molecule has 2 aromatic rings. The van der Waals surface area contributed by atoms with Gasteiger partial charge in [-0.05, 0) is 55.3 Å². The van der Waals surface area contributed by atoms with Crippen molar-refractivity contribution >= 4 is 5.69 Å². The Bertz CT molecular complexity index is 552. The Hall–Kier alpha value is -2.16. The van der Waals surface area contributed by atoms with E-state index in [9.17, 15) is 0 Å². The van der Waals surface area contributed by atoms with Gasteiger partial charge < -0.3 is 14.8 Å². The molecule has 0 fully saturated rings. The third-order valence-corrected chi connectivity index (χ3v) is 3.33. The molecule has 2 aromatic carbocycles. The maximum absolute atomic E-state index is 5.66. The van der Waals surface area contributed by atoms with Gasteiger partial charge in [0.25, 0.3) is 0 Å². The van der Waals surface area contributed by atoms with E-state index in [0.29, 0.717) is 6.61 Å². The lowest BCUT2D eigenvalue weighted by Crippen LogP contribution is -2.01. The van der Waals surface area contributed by atoms with Crippen molar-refractivity contribution in [3.8, 4) is 11.5 Å². The molecule has 1 N–H and O–H groups in total. The summed E-state index contributed by atoms with van der Waals surface area (Å²) < 4.78 is 11.2. The first-order chi connectivity index (χ1) is 10.8. The highest BCUT2D eigenvalue weighted by atomic mass is 16.5. The lowest BCUT2D eigenvalue weighted by Gasteiger charge is -2.10. The molecule has 0 aliphatic carbocycles. The molecule has 0 bridgehead atoms. The van der Waals surface area contributed by atoms with E-state index in [-0.39, 0.29) is 0 Å². The number of hydrogen-bond donors (Lipinski definition) is 1. The van der Waals surface area contributed by atoms with E-state index in [1.807, 2.05) is 43.3 Å². The molecule has 0 aliphatic heterocycles. The normalized spacial score (nSPS) is 10.3. The van der Waals surface area contributed by atoms with Crippen molar-refractivity contribution in [2.75, 3.05) is 18.5 Å². The summed E-state index contributed by atoms with van der Waals surface area (Å²) in [6, 6.07) is 16.3. The minimum atomic E-state index is 0.691. The minimum Gasteiger partial charge on any atom is -0.494 e. The Morgan fingerprint density at radius 1 is 0.909 bits per heavy atom. The van der Waals surface area contributed by atoms with Crippen molar-refractivity contribution in [2.24, 2.45) is 0 Å². The zero-order valence-corrected chi connectivity index (χ0v) is 13.5. The zero-order valence-electron chi connectivity index (χ0n) is 13.5. The Labute approximate surface area is 133 Å². The summed E-state index contributed by atoms with van der Waals surface area (Å²) >= 11 is 0. The summed E-state index contributed by atoms with van der Waals surface area (Å²) in [5, 5.41) is 3.41. The van der Waals surface area contributed by atoms with Gasteiger partial charge in [-0.2, -0.15) is 0 Å². The number of anilines is 1. The molecule has 0 unspecified atom stereocenters. The van der Waals surface area contributed by atoms with E-state index in [1.165, 1.54) is 5.56 Å². The van der Waals surface area contributed by atoms with Gasteiger partial charge in [-0.25, -0.2) is 0 Å². The SMILES string of the molecule is CCCCOc1ccc(NCc2cccc(OCC)c2)cc1. The van der Waals surface area contributed by atoms with Gasteiger partial charge in [-0.15, -0.1) is 0 Å². The number of hydrogen-bond acceptors (Lipinski definition) is 3. The van der Waals surface area contributed by atoms with Crippen LogP contribution in [0.25, 0.3) is 0 Å². The van der Waals surface area contributed by atoms with Crippen LogP contribution < -0.4 is 14.8 Å². The average molecular weight is 299 g/mol. The van der Waals surface area contributed by atoms with Crippen molar-refractivity contribution in [3.05, 3.63) is 54.1 Å². The summed E-state index contributed by atoms with van der Waals surface area (Å²) in [7, 11) is 0. The second-order valence-electron chi connectivity index (χ2n) is 5.16. The minimum absolute atomic E-state index is 0.691. The molecule has 0 aliphatic rings. The molecule has 0 saturated heterocycles. The molecule has 0 heterocycles. The van der Waals surface area contributed by atoms with Gasteiger partial charge in [0.1, 0.15) is 11.5 Å². The summed E-state index contributed by atoms with van der Waals surface area (Å²) in [6.45, 7) is 6.41. The molecule has 118 valence electrons. The molecule has 3 heteroatoms. The van der Waals surface area contributed by atoms with Gasteiger partial charge >= 0.3 is 0 Å². The van der Waals surface area contributed by atoms with Crippen molar-refractivity contribution in [1.82, 2.24) is 0 Å². The summed E-state index contributed by atoms with van der Waals surface area (Å²) in [6.07, 6.45) is 2.25. The molecular weight excluding hydrogens is 274 g/mol. The third-order valence-electron chi connectivity index (χ3n) is 3.33. The fourth-order valence-electron chi connectivity index (χ4n) is 2.12. The lowest BCUT2D eigenvalue weighted by atomic mass is 10.2. The van der Waals surface area contributed by atoms with Crippen LogP contribution >= 0.6 is 0 Å². The average Bonchev–Trinajstić information content (AvgIpc) is 2.55. The molecule has 0 spiro atoms. The van der Waals surface area contributed by atoms with E-state index < -0.39 is 0 Å². The Balaban J connectivity index is 1.84. The number of unbranched alkanes of at least 4 members (excludes halogenated alkanes) is 1. The Morgan fingerprint density at radius 3 is 2.45 bits per heavy atom. The van der Waals surface area contributed by atoms with E-state index in [4.69, 9.17) is 9.47 Å². The van der Waals surface area contributed by atoms with Crippen molar-refractivity contribution in [1.29, 1.82) is 0 Å². The van der Waals surface area contributed by atoms with Gasteiger partial charge in [0.05, 0.1) is 13.2 Å². The second kappa shape index (κ2) is 8.98. The molecular formula is C19H25NO2. The molecule has 0 aromatic heterocycles. The van der Waals surface area contributed by atoms with Crippen LogP contribution in [0.2, 0.25) is 0 Å². The van der Waals surface area contributed by atoms with Gasteiger partial charge in [0.2, 0.25) is 0 Å². The molecule has 22 heavy (non-hydrogen) atoms. The van der Waals surface area contributed by atoms with E-state index in [2.05, 4.69) is 24.4 Å². The number of benzene rings is 2. The largest absolute Gasteiger partial charge is 0.494 e. The molecule has 3 nitrogen and oxygen atoms in total. The quantitative estimate of drug-likeness (QED) is 0.670. The highest BCUT2D eigenvalue weighted by molar-refractivity contribution is 5.47. The van der Waals surface area contributed by atoms with E-state index >= 15 is 0 Å². The number of ether oxygens (including phenoxy) is 2. The summed E-state index contributed by atoms with van der Waals surface area (Å²) in [5.74, 6) is 1.85. The fraction of sp³-hybridized carbons (Fsp3) is 0.368. The van der Waals surface area contributed by atoms with Crippen LogP contribution in [0, 0.1) is 0 Å². The van der Waals surface area contributed by atoms with Crippen molar-refractivity contribution < 1.29 is 9.47 Å². The first kappa shape index (κ1) is 16.2. The highest BCUT2D eigenvalue weighted by Crippen LogP contribution is 2.18. The third kappa shape index (κ3) is 5.32. The Kier molecular flexibility index (Phi) is 6.62. The Morgan fingerprint density at radius 2 is 1.73 bits per heavy atom. The standard InChI is InChI=1S/C19H25NO2/c1-3-5-13-22-18-11-9-17(10-12-18)20-15-16-7-6-8-19(14-16)21-4-2/h6-12,14,20H,3-5,13,15H2,1-2H3. The lowest BCUT2D eigenvalue weighted by molar-refractivity contribution is 0.309. The molecule has 2 rings (SSSR count). The molecule has 0 amide bonds. The number of nitrogens with one attached hydrogen (secondary N) is 1. The van der Waals surface area contributed by atoms with Crippen LogP contribution in [-0.2, 0) is 6.54 Å². The predicted octanol–water partition coefficient (Wildman–Crippen LogP) is 4.88. The van der Waals surface area contributed by atoms with Crippen LogP contribution in [0.1, 0.15) is 32.3 Å². The molecule has 0 radical (unpaired) electrons. The van der Waals surface area contributed by atoms with Gasteiger partial charge in [-0.1, -0.05) is 25.5 Å². The summed E-state index contributed by atoms with van der Waals surface area (Å²) in [4.78, 5) is 0. The number of rotatable bonds is 9. The topological polar surface area (TPSA) is 30.5 Å². The van der Waals surface area contributed by atoms with Gasteiger partial charge in [0.15, 0.2) is 0 Å². The monoisotopic (exact) mass is 299 g/mol. The van der Waals surface area contributed by atoms with Crippen LogP contribution in [0.4, 0.5) is 5.69 Å². The van der Waals surface area contributed by atoms with Crippen LogP contribution in [-0.4, -0.2) is 13.2 Å². The van der Waals surface area contributed by atoms with Crippen LogP contribution in [0.5, 0.6) is 11.5 Å². The van der Waals surface area contributed by atoms with E-state index in [1.54, 1.807) is 0 Å². The van der Waals surface area contributed by atoms with E-state index in [0.717, 1.165) is 43.2 Å². The van der Waals surface area contributed by atoms with Crippen molar-refractivity contribution in [3.63, 3.8) is 0 Å². The fourth-order valence-corrected chi connectivity index (χ4v) is 2.12. The van der Waals surface area contributed by atoms with Gasteiger partial charge in [-0.3, -0.25) is 0 Å². The smallest absolute Gasteiger partial charge is 0.119 e. The second-order valence-corrected chi connectivity index (χ2v) is 5.16. The first-order valence-electron chi connectivity index (χ1n) is 8.00. The maximum atomic E-state index is 5.66. The highest BCUT2D eigenvalue weighted by Gasteiger charge is 1.98. The van der Waals surface area contributed by atoms with Crippen LogP contribution in [0.3, 0.4) is 0 Å². The van der Waals surface area contributed by atoms with Gasteiger partial charge in [0, 0.05) is 12.2 Å². The first-order valence-corrected chi connectivity index (χ1v) is 8.00. The predicted molar refractivity (Wildman–Crippen MR) is 91.8 cm³/mol. The molecule has 0 atom stereocenters. The maximum Gasteiger partial charge on any atom is 0.119 e.